The van der Waals surface area contributed by atoms with Crippen molar-refractivity contribution >= 4 is 16.8 Å². The maximum atomic E-state index is 12.3. The van der Waals surface area contributed by atoms with E-state index in [2.05, 4.69) is 4.98 Å². The number of amides is 1. The molecule has 1 aliphatic carbocycles. The predicted octanol–water partition coefficient (Wildman–Crippen LogP) is 3.09. The SMILES string of the molecule is CN(C(=O)CCOc1cccc2[nH]c(=O)ccc12)C1CCCCC1. The van der Waals surface area contributed by atoms with Crippen LogP contribution < -0.4 is 10.3 Å². The average Bonchev–Trinajstić information content (AvgIpc) is 2.61. The molecule has 0 radical (unpaired) electrons. The van der Waals surface area contributed by atoms with Crippen LogP contribution in [0.3, 0.4) is 0 Å². The zero-order chi connectivity index (χ0) is 16.9. The van der Waals surface area contributed by atoms with Crippen LogP contribution in [-0.2, 0) is 4.79 Å². The van der Waals surface area contributed by atoms with E-state index in [4.69, 9.17) is 4.74 Å². The third kappa shape index (κ3) is 3.78. The van der Waals surface area contributed by atoms with Crippen LogP contribution in [0.1, 0.15) is 38.5 Å². The van der Waals surface area contributed by atoms with Crippen molar-refractivity contribution in [1.29, 1.82) is 0 Å². The number of rotatable bonds is 5. The highest BCUT2D eigenvalue weighted by atomic mass is 16.5. The van der Waals surface area contributed by atoms with Gasteiger partial charge in [-0.1, -0.05) is 25.3 Å². The Bertz CT molecular complexity index is 763. The van der Waals surface area contributed by atoms with Gasteiger partial charge in [0.2, 0.25) is 11.5 Å². The summed E-state index contributed by atoms with van der Waals surface area (Å²) in [7, 11) is 1.90. The second-order valence-corrected chi connectivity index (χ2v) is 6.43. The van der Waals surface area contributed by atoms with Gasteiger partial charge in [0.25, 0.3) is 0 Å². The molecule has 1 fully saturated rings. The number of hydrogen-bond acceptors (Lipinski definition) is 3. The highest BCUT2D eigenvalue weighted by molar-refractivity contribution is 5.84. The van der Waals surface area contributed by atoms with Gasteiger partial charge < -0.3 is 14.6 Å². The molecule has 1 amide bonds. The van der Waals surface area contributed by atoms with Gasteiger partial charge in [0, 0.05) is 24.5 Å². The fourth-order valence-electron chi connectivity index (χ4n) is 3.38. The average molecular weight is 328 g/mol. The highest BCUT2D eigenvalue weighted by Crippen LogP contribution is 2.24. The largest absolute Gasteiger partial charge is 0.492 e. The van der Waals surface area contributed by atoms with Crippen molar-refractivity contribution in [3.05, 3.63) is 40.7 Å². The van der Waals surface area contributed by atoms with E-state index in [9.17, 15) is 9.59 Å². The van der Waals surface area contributed by atoms with E-state index in [0.717, 1.165) is 23.7 Å². The number of ether oxygens (including phenoxy) is 1. The molecule has 3 rings (SSSR count). The number of carbonyl (C=O) groups is 1. The van der Waals surface area contributed by atoms with Crippen LogP contribution in [-0.4, -0.2) is 35.5 Å². The molecule has 1 heterocycles. The van der Waals surface area contributed by atoms with E-state index >= 15 is 0 Å². The second-order valence-electron chi connectivity index (χ2n) is 6.43. The van der Waals surface area contributed by atoms with E-state index in [1.54, 1.807) is 6.07 Å². The minimum Gasteiger partial charge on any atom is -0.492 e. The number of fused-ring (bicyclic) bond motifs is 1. The summed E-state index contributed by atoms with van der Waals surface area (Å²) in [5, 5.41) is 0.852. The number of benzene rings is 1. The van der Waals surface area contributed by atoms with Crippen molar-refractivity contribution in [3.8, 4) is 5.75 Å². The molecule has 0 unspecified atom stereocenters. The zero-order valence-electron chi connectivity index (χ0n) is 14.1. The smallest absolute Gasteiger partial charge is 0.248 e. The Morgan fingerprint density at radius 1 is 1.21 bits per heavy atom. The standard InChI is InChI=1S/C19H24N2O3/c1-21(14-6-3-2-4-7-14)19(23)12-13-24-17-9-5-8-16-15(17)10-11-18(22)20-16/h5,8-11,14H,2-4,6-7,12-13H2,1H3,(H,20,22). The summed E-state index contributed by atoms with van der Waals surface area (Å²) >= 11 is 0. The quantitative estimate of drug-likeness (QED) is 0.917. The third-order valence-electron chi connectivity index (χ3n) is 4.81. The van der Waals surface area contributed by atoms with Crippen LogP contribution in [0.2, 0.25) is 0 Å². The van der Waals surface area contributed by atoms with Crippen molar-refractivity contribution in [2.24, 2.45) is 0 Å². The Balaban J connectivity index is 1.58. The molecule has 1 saturated carbocycles. The number of nitrogens with zero attached hydrogens (tertiary/aromatic N) is 1. The molecule has 1 aliphatic rings. The first-order valence-corrected chi connectivity index (χ1v) is 8.65. The van der Waals surface area contributed by atoms with E-state index in [0.29, 0.717) is 24.8 Å². The lowest BCUT2D eigenvalue weighted by atomic mass is 9.94. The van der Waals surface area contributed by atoms with Crippen LogP contribution in [0.4, 0.5) is 0 Å². The van der Waals surface area contributed by atoms with Gasteiger partial charge in [-0.25, -0.2) is 0 Å². The molecule has 0 spiro atoms. The van der Waals surface area contributed by atoms with Gasteiger partial charge >= 0.3 is 0 Å². The fraction of sp³-hybridized carbons (Fsp3) is 0.474. The summed E-state index contributed by atoms with van der Waals surface area (Å²) in [6.07, 6.45) is 6.30. The van der Waals surface area contributed by atoms with Crippen molar-refractivity contribution in [3.63, 3.8) is 0 Å². The summed E-state index contributed by atoms with van der Waals surface area (Å²) in [6.45, 7) is 0.341. The minimum atomic E-state index is -0.135. The Hall–Kier alpha value is -2.30. The topological polar surface area (TPSA) is 62.4 Å². The molecule has 1 aromatic heterocycles. The normalized spacial score (nSPS) is 15.4. The monoisotopic (exact) mass is 328 g/mol. The lowest BCUT2D eigenvalue weighted by Crippen LogP contribution is -2.38. The van der Waals surface area contributed by atoms with Crippen molar-refractivity contribution in [2.75, 3.05) is 13.7 Å². The molecule has 1 aromatic carbocycles. The van der Waals surface area contributed by atoms with E-state index < -0.39 is 0 Å². The van der Waals surface area contributed by atoms with E-state index in [-0.39, 0.29) is 11.5 Å². The van der Waals surface area contributed by atoms with Gasteiger partial charge in [0.15, 0.2) is 0 Å². The number of aromatic nitrogens is 1. The molecule has 5 heteroatoms. The van der Waals surface area contributed by atoms with Crippen molar-refractivity contribution in [1.82, 2.24) is 9.88 Å². The Morgan fingerprint density at radius 3 is 2.79 bits per heavy atom. The molecular formula is C19H24N2O3. The minimum absolute atomic E-state index is 0.135. The summed E-state index contributed by atoms with van der Waals surface area (Å²) in [5.74, 6) is 0.826. The predicted molar refractivity (Wildman–Crippen MR) is 94.3 cm³/mol. The summed E-state index contributed by atoms with van der Waals surface area (Å²) < 4.78 is 5.80. The number of H-pyrrole nitrogens is 1. The van der Waals surface area contributed by atoms with Crippen molar-refractivity contribution < 1.29 is 9.53 Å². The molecule has 128 valence electrons. The number of carbonyl (C=O) groups excluding carboxylic acids is 1. The highest BCUT2D eigenvalue weighted by Gasteiger charge is 2.21. The molecule has 24 heavy (non-hydrogen) atoms. The molecule has 0 atom stereocenters. The molecule has 0 saturated heterocycles. The zero-order valence-corrected chi connectivity index (χ0v) is 14.1. The molecular weight excluding hydrogens is 304 g/mol. The number of hydrogen-bond donors (Lipinski definition) is 1. The second kappa shape index (κ2) is 7.51. The molecule has 0 bridgehead atoms. The molecule has 2 aromatic rings. The first-order valence-electron chi connectivity index (χ1n) is 8.65. The van der Waals surface area contributed by atoms with Crippen LogP contribution in [0.15, 0.2) is 35.1 Å². The lowest BCUT2D eigenvalue weighted by molar-refractivity contribution is -0.133. The Kier molecular flexibility index (Phi) is 5.18. The van der Waals surface area contributed by atoms with Crippen molar-refractivity contribution in [2.45, 2.75) is 44.6 Å². The summed E-state index contributed by atoms with van der Waals surface area (Å²) in [5.41, 5.74) is 0.606. The number of aromatic amines is 1. The van der Waals surface area contributed by atoms with Gasteiger partial charge in [0.05, 0.1) is 18.5 Å². The van der Waals surface area contributed by atoms with Crippen LogP contribution in [0.25, 0.3) is 10.9 Å². The van der Waals surface area contributed by atoms with Gasteiger partial charge in [-0.05, 0) is 31.0 Å². The van der Waals surface area contributed by atoms with Crippen LogP contribution in [0, 0.1) is 0 Å². The maximum Gasteiger partial charge on any atom is 0.248 e. The van der Waals surface area contributed by atoms with Gasteiger partial charge in [0.1, 0.15) is 5.75 Å². The van der Waals surface area contributed by atoms with E-state index in [1.807, 2.05) is 30.1 Å². The third-order valence-corrected chi connectivity index (χ3v) is 4.81. The molecule has 1 N–H and O–H groups in total. The first kappa shape index (κ1) is 16.6. The molecule has 0 aliphatic heterocycles. The lowest BCUT2D eigenvalue weighted by Gasteiger charge is -2.31. The summed E-state index contributed by atoms with van der Waals surface area (Å²) in [6, 6.07) is 9.15. The maximum absolute atomic E-state index is 12.3. The first-order chi connectivity index (χ1) is 11.6. The van der Waals surface area contributed by atoms with Gasteiger partial charge in [-0.2, -0.15) is 0 Å². The van der Waals surface area contributed by atoms with Gasteiger partial charge in [-0.3, -0.25) is 9.59 Å². The molecule has 5 nitrogen and oxygen atoms in total. The van der Waals surface area contributed by atoms with Crippen LogP contribution >= 0.6 is 0 Å². The fourth-order valence-corrected chi connectivity index (χ4v) is 3.38. The Labute approximate surface area is 141 Å². The van der Waals surface area contributed by atoms with Crippen LogP contribution in [0.5, 0.6) is 5.75 Å². The summed E-state index contributed by atoms with van der Waals surface area (Å²) in [4.78, 5) is 28.4. The number of pyridine rings is 1. The Morgan fingerprint density at radius 2 is 2.00 bits per heavy atom. The van der Waals surface area contributed by atoms with Gasteiger partial charge in [-0.15, -0.1) is 0 Å². The number of nitrogens with one attached hydrogen (secondary N) is 1. The van der Waals surface area contributed by atoms with E-state index in [1.165, 1.54) is 25.3 Å².